The lowest BCUT2D eigenvalue weighted by Gasteiger charge is -2.28. The summed E-state index contributed by atoms with van der Waals surface area (Å²) in [5, 5.41) is 0. The maximum Gasteiger partial charge on any atom is 0.243 e. The van der Waals surface area contributed by atoms with Gasteiger partial charge in [-0.1, -0.05) is 18.2 Å². The topological polar surface area (TPSA) is 76.4 Å². The van der Waals surface area contributed by atoms with E-state index in [4.69, 9.17) is 14.5 Å². The minimum atomic E-state index is -3.64. The van der Waals surface area contributed by atoms with Gasteiger partial charge in [0, 0.05) is 49.3 Å². The number of anilines is 1. The average Bonchev–Trinajstić information content (AvgIpc) is 3.65. The monoisotopic (exact) mass is 584 g/mol. The Bertz CT molecular complexity index is 1670. The molecule has 0 atom stereocenters. The van der Waals surface area contributed by atoms with Crippen LogP contribution in [0.15, 0.2) is 88.8 Å². The lowest BCUT2D eigenvalue weighted by molar-refractivity contribution is 0.0730. The zero-order valence-electron chi connectivity index (χ0n) is 24.1. The third kappa shape index (κ3) is 5.86. The number of rotatable bonds is 8. The van der Waals surface area contributed by atoms with Gasteiger partial charge >= 0.3 is 0 Å². The summed E-state index contributed by atoms with van der Waals surface area (Å²) in [6.45, 7) is 7.60. The Morgan fingerprint density at radius 3 is 2.21 bits per heavy atom. The van der Waals surface area contributed by atoms with Crippen LogP contribution in [0.5, 0.6) is 11.5 Å². The highest BCUT2D eigenvalue weighted by molar-refractivity contribution is 7.89. The second-order valence-corrected chi connectivity index (χ2v) is 12.6. The number of aromatic nitrogens is 1. The second-order valence-electron chi connectivity index (χ2n) is 10.7. The van der Waals surface area contributed by atoms with Crippen molar-refractivity contribution in [3.05, 3.63) is 95.8 Å². The van der Waals surface area contributed by atoms with E-state index >= 15 is 0 Å². The number of nitrogens with zero attached hydrogens (tertiary/aromatic N) is 4. The van der Waals surface area contributed by atoms with Crippen LogP contribution in [0, 0.1) is 13.8 Å². The van der Waals surface area contributed by atoms with E-state index in [1.165, 1.54) is 4.31 Å². The van der Waals surface area contributed by atoms with Crippen molar-refractivity contribution >= 4 is 27.6 Å². The highest BCUT2D eigenvalue weighted by Gasteiger charge is 2.28. The van der Waals surface area contributed by atoms with Gasteiger partial charge in [0.1, 0.15) is 11.5 Å². The summed E-state index contributed by atoms with van der Waals surface area (Å²) >= 11 is 0. The predicted octanol–water partition coefficient (Wildman–Crippen LogP) is 6.26. The minimum Gasteiger partial charge on any atom is -0.457 e. The van der Waals surface area contributed by atoms with Crippen molar-refractivity contribution in [3.63, 3.8) is 0 Å². The van der Waals surface area contributed by atoms with E-state index in [1.807, 2.05) is 72.9 Å². The van der Waals surface area contributed by atoms with Gasteiger partial charge in [-0.25, -0.2) is 8.42 Å². The lowest BCUT2D eigenvalue weighted by atomic mass is 10.2. The maximum atomic E-state index is 13.6. The average molecular weight is 585 g/mol. The largest absolute Gasteiger partial charge is 0.457 e. The molecular weight excluding hydrogens is 548 g/mol. The van der Waals surface area contributed by atoms with Crippen LogP contribution < -0.4 is 9.64 Å². The number of aliphatic imine (C=N–C) groups is 1. The quantitative estimate of drug-likeness (QED) is 0.229. The fraction of sp³-hybridized carbons (Fsp3) is 0.303. The summed E-state index contributed by atoms with van der Waals surface area (Å²) < 4.78 is 42.1. The Morgan fingerprint density at radius 2 is 1.50 bits per heavy atom. The van der Waals surface area contributed by atoms with Crippen LogP contribution in [0.25, 0.3) is 5.69 Å². The lowest BCUT2D eigenvalue weighted by Crippen LogP contribution is -2.40. The third-order valence-corrected chi connectivity index (χ3v) is 9.78. The summed E-state index contributed by atoms with van der Waals surface area (Å²) in [5.41, 5.74) is 5.74. The van der Waals surface area contributed by atoms with Gasteiger partial charge in [-0.15, -0.1) is 0 Å². The van der Waals surface area contributed by atoms with Crippen molar-refractivity contribution in [3.8, 4) is 17.2 Å². The molecule has 2 aliphatic heterocycles. The van der Waals surface area contributed by atoms with E-state index in [9.17, 15) is 8.42 Å². The molecule has 2 fully saturated rings. The first-order valence-corrected chi connectivity index (χ1v) is 15.9. The molecular formula is C33H36N4O4S. The summed E-state index contributed by atoms with van der Waals surface area (Å²) in [6, 6.07) is 25.0. The van der Waals surface area contributed by atoms with Gasteiger partial charge in [-0.3, -0.25) is 4.99 Å². The molecule has 0 saturated carbocycles. The van der Waals surface area contributed by atoms with Crippen LogP contribution in [-0.2, 0) is 14.8 Å². The summed E-state index contributed by atoms with van der Waals surface area (Å²) in [7, 11) is -3.64. The minimum absolute atomic E-state index is 0.308. The van der Waals surface area contributed by atoms with E-state index < -0.39 is 10.0 Å². The molecule has 3 aromatic carbocycles. The van der Waals surface area contributed by atoms with Crippen LogP contribution in [-0.4, -0.2) is 62.9 Å². The van der Waals surface area contributed by atoms with Gasteiger partial charge in [-0.2, -0.15) is 4.31 Å². The van der Waals surface area contributed by atoms with Gasteiger partial charge in [0.15, 0.2) is 0 Å². The molecule has 2 saturated heterocycles. The second kappa shape index (κ2) is 12.1. The van der Waals surface area contributed by atoms with E-state index in [0.29, 0.717) is 31.2 Å². The number of aryl methyl sites for hydroxylation is 1. The first kappa shape index (κ1) is 28.2. The molecule has 1 aromatic heterocycles. The van der Waals surface area contributed by atoms with Crippen molar-refractivity contribution in [2.45, 2.75) is 31.6 Å². The fourth-order valence-corrected chi connectivity index (χ4v) is 7.09. The summed E-state index contributed by atoms with van der Waals surface area (Å²) in [6.07, 6.45) is 4.13. The van der Waals surface area contributed by atoms with Gasteiger partial charge in [0.05, 0.1) is 35.2 Å². The molecule has 3 heterocycles. The van der Waals surface area contributed by atoms with E-state index in [2.05, 4.69) is 29.4 Å². The molecule has 0 bridgehead atoms. The number of benzene rings is 3. The molecule has 2 aliphatic rings. The molecule has 218 valence electrons. The molecule has 6 rings (SSSR count). The molecule has 42 heavy (non-hydrogen) atoms. The summed E-state index contributed by atoms with van der Waals surface area (Å²) in [5.74, 6) is 1.54. The van der Waals surface area contributed by atoms with Crippen molar-refractivity contribution in [1.29, 1.82) is 0 Å². The Hall–Kier alpha value is -3.92. The number of ether oxygens (including phenoxy) is 2. The van der Waals surface area contributed by atoms with Crippen LogP contribution in [0.4, 0.5) is 11.4 Å². The van der Waals surface area contributed by atoms with Crippen LogP contribution >= 0.6 is 0 Å². The molecule has 0 spiro atoms. The molecule has 0 aliphatic carbocycles. The normalized spacial score (nSPS) is 16.4. The number of morpholine rings is 1. The zero-order chi connectivity index (χ0) is 29.1. The Balaban J connectivity index is 1.31. The molecule has 0 amide bonds. The Labute approximate surface area is 247 Å². The van der Waals surface area contributed by atoms with Crippen LogP contribution in [0.2, 0.25) is 0 Å². The van der Waals surface area contributed by atoms with Gasteiger partial charge in [-0.05, 0) is 87.4 Å². The Morgan fingerprint density at radius 1 is 0.810 bits per heavy atom. The number of sulfonamides is 1. The fourth-order valence-electron chi connectivity index (χ4n) is 5.66. The first-order valence-electron chi connectivity index (χ1n) is 14.4. The standard InChI is InChI=1S/C33H36N4O4S/c1-25-22-27(24-34-28-10-12-30(13-11-28)41-29-8-4-3-5-9-29)26(2)37(25)33-23-31(14-15-32(33)35-16-6-7-17-35)42(38,39)36-18-20-40-21-19-36/h3-5,8-15,22-24H,6-7,16-21H2,1-2H3. The highest BCUT2D eigenvalue weighted by Crippen LogP contribution is 2.34. The number of hydrogen-bond donors (Lipinski definition) is 0. The van der Waals surface area contributed by atoms with Crippen LogP contribution in [0.3, 0.4) is 0 Å². The van der Waals surface area contributed by atoms with Gasteiger partial charge < -0.3 is 18.9 Å². The summed E-state index contributed by atoms with van der Waals surface area (Å²) in [4.78, 5) is 7.39. The molecule has 0 N–H and O–H groups in total. The van der Waals surface area contributed by atoms with Crippen molar-refractivity contribution < 1.29 is 17.9 Å². The van der Waals surface area contributed by atoms with Gasteiger partial charge in [0.25, 0.3) is 0 Å². The van der Waals surface area contributed by atoms with E-state index in [-0.39, 0.29) is 0 Å². The smallest absolute Gasteiger partial charge is 0.243 e. The van der Waals surface area contributed by atoms with E-state index in [0.717, 1.165) is 71.4 Å². The van der Waals surface area contributed by atoms with Crippen molar-refractivity contribution in [1.82, 2.24) is 8.87 Å². The van der Waals surface area contributed by atoms with Crippen molar-refractivity contribution in [2.24, 2.45) is 4.99 Å². The SMILES string of the molecule is Cc1cc(C=Nc2ccc(Oc3ccccc3)cc2)c(C)n1-c1cc(S(=O)(=O)N2CCOCC2)ccc1N1CCCC1. The number of para-hydroxylation sites is 1. The maximum absolute atomic E-state index is 13.6. The molecule has 4 aromatic rings. The molecule has 8 nitrogen and oxygen atoms in total. The number of hydrogen-bond acceptors (Lipinski definition) is 6. The highest BCUT2D eigenvalue weighted by atomic mass is 32.2. The van der Waals surface area contributed by atoms with E-state index in [1.54, 1.807) is 6.07 Å². The zero-order valence-corrected chi connectivity index (χ0v) is 24.9. The van der Waals surface area contributed by atoms with Gasteiger partial charge in [0.2, 0.25) is 10.0 Å². The molecule has 0 radical (unpaired) electrons. The first-order chi connectivity index (χ1) is 20.4. The third-order valence-electron chi connectivity index (χ3n) is 7.88. The molecule has 0 unspecified atom stereocenters. The van der Waals surface area contributed by atoms with Crippen LogP contribution in [0.1, 0.15) is 29.8 Å². The Kier molecular flexibility index (Phi) is 8.15. The predicted molar refractivity (Wildman–Crippen MR) is 166 cm³/mol. The molecule has 9 heteroatoms. The van der Waals surface area contributed by atoms with Crippen molar-refractivity contribution in [2.75, 3.05) is 44.3 Å².